The van der Waals surface area contributed by atoms with E-state index in [1.54, 1.807) is 12.1 Å². The third-order valence-corrected chi connectivity index (χ3v) is 4.16. The van der Waals surface area contributed by atoms with Crippen molar-refractivity contribution >= 4 is 22.2 Å². The van der Waals surface area contributed by atoms with E-state index in [2.05, 4.69) is 25.8 Å². The van der Waals surface area contributed by atoms with Crippen molar-refractivity contribution in [3.05, 3.63) is 40.7 Å². The lowest BCUT2D eigenvalue weighted by molar-refractivity contribution is 0.282. The van der Waals surface area contributed by atoms with Crippen LogP contribution in [0.3, 0.4) is 0 Å². The number of thiazole rings is 1. The van der Waals surface area contributed by atoms with Gasteiger partial charge >= 0.3 is 0 Å². The van der Waals surface area contributed by atoms with Gasteiger partial charge in [-0.2, -0.15) is 0 Å². The molecule has 0 amide bonds. The van der Waals surface area contributed by atoms with Crippen LogP contribution in [0.2, 0.25) is 0 Å². The number of aliphatic hydroxyl groups is 1. The van der Waals surface area contributed by atoms with Crippen LogP contribution in [0.25, 0.3) is 0 Å². The Kier molecular flexibility index (Phi) is 4.11. The molecule has 0 fully saturated rings. The molecule has 0 aliphatic heterocycles. The van der Waals surface area contributed by atoms with Gasteiger partial charge in [0.2, 0.25) is 0 Å². The molecule has 0 spiro atoms. The van der Waals surface area contributed by atoms with Gasteiger partial charge in [0.25, 0.3) is 0 Å². The second-order valence-electron chi connectivity index (χ2n) is 5.71. The van der Waals surface area contributed by atoms with Gasteiger partial charge in [-0.15, -0.1) is 0 Å². The lowest BCUT2D eigenvalue weighted by atomic mass is 9.91. The molecule has 0 saturated heterocycles. The zero-order chi connectivity index (χ0) is 14.9. The van der Waals surface area contributed by atoms with Gasteiger partial charge < -0.3 is 10.0 Å². The molecule has 20 heavy (non-hydrogen) atoms. The van der Waals surface area contributed by atoms with Crippen molar-refractivity contribution in [2.75, 3.05) is 11.9 Å². The number of halogens is 1. The van der Waals surface area contributed by atoms with Crippen molar-refractivity contribution in [1.82, 2.24) is 4.98 Å². The molecule has 0 radical (unpaired) electrons. The number of benzene rings is 1. The molecule has 5 heteroatoms. The zero-order valence-corrected chi connectivity index (χ0v) is 13.0. The van der Waals surface area contributed by atoms with Crippen molar-refractivity contribution in [2.24, 2.45) is 0 Å². The summed E-state index contributed by atoms with van der Waals surface area (Å²) in [5, 5.41) is 10.3. The van der Waals surface area contributed by atoms with E-state index in [1.807, 2.05) is 11.9 Å². The maximum atomic E-state index is 13.0. The summed E-state index contributed by atoms with van der Waals surface area (Å²) in [6.07, 6.45) is 0. The highest BCUT2D eigenvalue weighted by molar-refractivity contribution is 7.15. The van der Waals surface area contributed by atoms with E-state index < -0.39 is 0 Å². The highest BCUT2D eigenvalue weighted by Crippen LogP contribution is 2.35. The summed E-state index contributed by atoms with van der Waals surface area (Å²) in [6, 6.07) is 6.28. The SMILES string of the molecule is CN(c1ccc(F)cc1)c1nc(C(C)(C)C)c(CO)s1. The van der Waals surface area contributed by atoms with Gasteiger partial charge in [0.15, 0.2) is 5.13 Å². The molecule has 0 aliphatic rings. The molecule has 0 aliphatic carbocycles. The number of aliphatic hydroxyl groups excluding tert-OH is 1. The third-order valence-electron chi connectivity index (χ3n) is 3.04. The summed E-state index contributed by atoms with van der Waals surface area (Å²) in [7, 11) is 1.89. The average Bonchev–Trinajstić information content (AvgIpc) is 2.83. The van der Waals surface area contributed by atoms with Crippen molar-refractivity contribution in [3.63, 3.8) is 0 Å². The second kappa shape index (κ2) is 5.50. The van der Waals surface area contributed by atoms with Crippen LogP contribution in [0.1, 0.15) is 31.3 Å². The highest BCUT2D eigenvalue weighted by Gasteiger charge is 2.24. The Labute approximate surface area is 122 Å². The van der Waals surface area contributed by atoms with Gasteiger partial charge in [-0.1, -0.05) is 32.1 Å². The topological polar surface area (TPSA) is 36.4 Å². The minimum absolute atomic E-state index is 0.0124. The van der Waals surface area contributed by atoms with E-state index in [0.29, 0.717) is 0 Å². The summed E-state index contributed by atoms with van der Waals surface area (Å²) in [5.41, 5.74) is 1.66. The molecule has 1 N–H and O–H groups in total. The minimum Gasteiger partial charge on any atom is -0.391 e. The fraction of sp³-hybridized carbons (Fsp3) is 0.400. The monoisotopic (exact) mass is 294 g/mol. The summed E-state index contributed by atoms with van der Waals surface area (Å²) < 4.78 is 13.0. The van der Waals surface area contributed by atoms with Gasteiger partial charge in [-0.05, 0) is 24.3 Å². The molecule has 2 rings (SSSR count). The number of nitrogens with zero attached hydrogens (tertiary/aromatic N) is 2. The van der Waals surface area contributed by atoms with Crippen LogP contribution in [0.4, 0.5) is 15.2 Å². The summed E-state index contributed by atoms with van der Waals surface area (Å²) in [6.45, 7) is 6.20. The first kappa shape index (κ1) is 14.9. The Balaban J connectivity index is 2.38. The molecular weight excluding hydrogens is 275 g/mol. The van der Waals surface area contributed by atoms with Gasteiger partial charge in [-0.3, -0.25) is 0 Å². The van der Waals surface area contributed by atoms with Crippen molar-refractivity contribution in [1.29, 1.82) is 0 Å². The van der Waals surface area contributed by atoms with Gasteiger partial charge in [0, 0.05) is 18.2 Å². The molecule has 1 aromatic carbocycles. The van der Waals surface area contributed by atoms with Gasteiger partial charge in [-0.25, -0.2) is 9.37 Å². The number of rotatable bonds is 3. The first-order chi connectivity index (χ1) is 9.32. The van der Waals surface area contributed by atoms with Crippen LogP contribution in [-0.4, -0.2) is 17.1 Å². The zero-order valence-electron chi connectivity index (χ0n) is 12.1. The van der Waals surface area contributed by atoms with Crippen LogP contribution in [-0.2, 0) is 12.0 Å². The summed E-state index contributed by atoms with van der Waals surface area (Å²) >= 11 is 1.46. The molecule has 1 heterocycles. The van der Waals surface area contributed by atoms with E-state index in [1.165, 1.54) is 23.5 Å². The first-order valence-corrected chi connectivity index (χ1v) is 7.25. The van der Waals surface area contributed by atoms with Crippen LogP contribution < -0.4 is 4.90 Å². The molecule has 2 aromatic rings. The lowest BCUT2D eigenvalue weighted by Gasteiger charge is -2.18. The van der Waals surface area contributed by atoms with Crippen molar-refractivity contribution < 1.29 is 9.50 Å². The average molecular weight is 294 g/mol. The van der Waals surface area contributed by atoms with Gasteiger partial charge in [0.05, 0.1) is 17.2 Å². The fourth-order valence-corrected chi connectivity index (χ4v) is 3.06. The maximum absolute atomic E-state index is 13.0. The van der Waals surface area contributed by atoms with E-state index in [0.717, 1.165) is 21.4 Å². The largest absolute Gasteiger partial charge is 0.391 e. The van der Waals surface area contributed by atoms with E-state index in [4.69, 9.17) is 0 Å². The highest BCUT2D eigenvalue weighted by atomic mass is 32.1. The normalized spacial score (nSPS) is 11.7. The molecule has 1 aromatic heterocycles. The fourth-order valence-electron chi connectivity index (χ4n) is 1.95. The molecule has 108 valence electrons. The molecule has 0 unspecified atom stereocenters. The van der Waals surface area contributed by atoms with Crippen molar-refractivity contribution in [3.8, 4) is 0 Å². The third kappa shape index (κ3) is 2.99. The van der Waals surface area contributed by atoms with Crippen LogP contribution in [0, 0.1) is 5.82 Å². The molecule has 0 saturated carbocycles. The standard InChI is InChI=1S/C15H19FN2OS/c1-15(2,3)13-12(9-19)20-14(17-13)18(4)11-7-5-10(16)6-8-11/h5-8,19H,9H2,1-4H3. The second-order valence-corrected chi connectivity index (χ2v) is 6.77. The first-order valence-electron chi connectivity index (χ1n) is 6.43. The maximum Gasteiger partial charge on any atom is 0.190 e. The van der Waals surface area contributed by atoms with Crippen LogP contribution in [0.5, 0.6) is 0 Å². The Morgan fingerprint density at radius 1 is 1.25 bits per heavy atom. The summed E-state index contributed by atoms with van der Waals surface area (Å²) in [4.78, 5) is 7.42. The summed E-state index contributed by atoms with van der Waals surface area (Å²) in [5.74, 6) is -0.257. The number of hydrogen-bond acceptors (Lipinski definition) is 4. The minimum atomic E-state index is -0.257. The Morgan fingerprint density at radius 3 is 2.30 bits per heavy atom. The predicted octanol–water partition coefficient (Wildman–Crippen LogP) is 3.84. The smallest absolute Gasteiger partial charge is 0.190 e. The Morgan fingerprint density at radius 2 is 1.85 bits per heavy atom. The number of hydrogen-bond donors (Lipinski definition) is 1. The van der Waals surface area contributed by atoms with Gasteiger partial charge in [0.1, 0.15) is 5.82 Å². The van der Waals surface area contributed by atoms with E-state index in [9.17, 15) is 9.50 Å². The van der Waals surface area contributed by atoms with E-state index in [-0.39, 0.29) is 17.8 Å². The molecule has 0 bridgehead atoms. The molecule has 3 nitrogen and oxygen atoms in total. The lowest BCUT2D eigenvalue weighted by Crippen LogP contribution is -2.15. The Bertz CT molecular complexity index is 587. The predicted molar refractivity (Wildman–Crippen MR) is 81.2 cm³/mol. The molecule has 0 atom stereocenters. The van der Waals surface area contributed by atoms with E-state index >= 15 is 0 Å². The number of anilines is 2. The van der Waals surface area contributed by atoms with Crippen molar-refractivity contribution in [2.45, 2.75) is 32.8 Å². The molecular formula is C15H19FN2OS. The van der Waals surface area contributed by atoms with Crippen LogP contribution >= 0.6 is 11.3 Å². The van der Waals surface area contributed by atoms with Crippen LogP contribution in [0.15, 0.2) is 24.3 Å². The number of aromatic nitrogens is 1. The quantitative estimate of drug-likeness (QED) is 0.934. The Hall–Kier alpha value is -1.46.